The Morgan fingerprint density at radius 1 is 0.970 bits per heavy atom. The molecular weight excluding hydrogens is 434 g/mol. The summed E-state index contributed by atoms with van der Waals surface area (Å²) in [6.07, 6.45) is 4.78. The molecule has 168 valence electrons. The van der Waals surface area contributed by atoms with Crippen molar-refractivity contribution < 1.29 is 4.79 Å². The Morgan fingerprint density at radius 2 is 1.73 bits per heavy atom. The summed E-state index contributed by atoms with van der Waals surface area (Å²) in [5, 5.41) is 0.951. The van der Waals surface area contributed by atoms with Crippen molar-refractivity contribution >= 4 is 28.4 Å². The van der Waals surface area contributed by atoms with Crippen LogP contribution in [0.15, 0.2) is 77.6 Å². The van der Waals surface area contributed by atoms with Crippen LogP contribution in [0.5, 0.6) is 0 Å². The number of unbranched alkanes of at least 4 members (excludes halogenated alkanes) is 2. The largest absolute Gasteiger partial charge is 0.280 e. The van der Waals surface area contributed by atoms with E-state index in [2.05, 4.69) is 29.5 Å². The third-order valence-corrected chi connectivity index (χ3v) is 5.79. The number of aromatic nitrogens is 2. The minimum atomic E-state index is -0.338. The number of nitrogens with zero attached hydrogens (tertiary/aromatic N) is 2. The molecule has 0 saturated heterocycles. The molecular formula is C27H26ClN3O2. The lowest BCUT2D eigenvalue weighted by Gasteiger charge is -2.15. The van der Waals surface area contributed by atoms with Crippen LogP contribution in [-0.4, -0.2) is 15.6 Å². The molecule has 1 heterocycles. The van der Waals surface area contributed by atoms with Crippen LogP contribution in [0.25, 0.3) is 22.3 Å². The van der Waals surface area contributed by atoms with Gasteiger partial charge in [0.15, 0.2) is 5.82 Å². The van der Waals surface area contributed by atoms with E-state index in [-0.39, 0.29) is 17.9 Å². The van der Waals surface area contributed by atoms with Crippen LogP contribution in [0.3, 0.4) is 0 Å². The highest BCUT2D eigenvalue weighted by Gasteiger charge is 2.15. The molecule has 1 amide bonds. The lowest BCUT2D eigenvalue weighted by atomic mass is 10.0. The van der Waals surface area contributed by atoms with Gasteiger partial charge in [0.25, 0.3) is 5.56 Å². The number of fused-ring (bicyclic) bond motifs is 1. The summed E-state index contributed by atoms with van der Waals surface area (Å²) in [5.74, 6) is 0.0389. The minimum Gasteiger partial charge on any atom is -0.273 e. The Hall–Kier alpha value is -3.44. The van der Waals surface area contributed by atoms with Gasteiger partial charge in [0.05, 0.1) is 17.3 Å². The van der Waals surface area contributed by atoms with Crippen LogP contribution in [0.2, 0.25) is 5.02 Å². The van der Waals surface area contributed by atoms with Gasteiger partial charge in [-0.3, -0.25) is 15.0 Å². The van der Waals surface area contributed by atoms with E-state index < -0.39 is 0 Å². The van der Waals surface area contributed by atoms with E-state index in [0.29, 0.717) is 27.3 Å². The predicted octanol–water partition coefficient (Wildman–Crippen LogP) is 5.76. The molecule has 0 unspecified atom stereocenters. The van der Waals surface area contributed by atoms with E-state index in [1.165, 1.54) is 29.5 Å². The summed E-state index contributed by atoms with van der Waals surface area (Å²) in [6, 6.07) is 22.2. The zero-order valence-electron chi connectivity index (χ0n) is 18.6. The fourth-order valence-corrected chi connectivity index (χ4v) is 4.00. The van der Waals surface area contributed by atoms with Crippen LogP contribution in [0.1, 0.15) is 37.3 Å². The Bertz CT molecular complexity index is 1330. The quantitative estimate of drug-likeness (QED) is 0.340. The molecule has 0 spiro atoms. The number of nitrogens with one attached hydrogen (secondary N) is 1. The van der Waals surface area contributed by atoms with Gasteiger partial charge in [0.2, 0.25) is 5.91 Å². The van der Waals surface area contributed by atoms with Gasteiger partial charge in [-0.2, -0.15) is 4.68 Å². The number of hydrogen-bond donors (Lipinski definition) is 1. The van der Waals surface area contributed by atoms with Gasteiger partial charge in [0, 0.05) is 10.6 Å². The SMILES string of the molecule is CCCCCc1ccc(CC(=O)Nn2c(-c3cccc(Cl)c3)nc3ccccc3c2=O)cc1. The van der Waals surface area contributed by atoms with E-state index in [4.69, 9.17) is 11.6 Å². The smallest absolute Gasteiger partial charge is 0.273 e. The first kappa shape index (κ1) is 22.7. The van der Waals surface area contributed by atoms with Gasteiger partial charge >= 0.3 is 0 Å². The minimum absolute atomic E-state index is 0.156. The summed E-state index contributed by atoms with van der Waals surface area (Å²) < 4.78 is 1.22. The Morgan fingerprint density at radius 3 is 2.48 bits per heavy atom. The van der Waals surface area contributed by atoms with Crippen LogP contribution >= 0.6 is 11.6 Å². The number of benzene rings is 3. The highest BCUT2D eigenvalue weighted by atomic mass is 35.5. The zero-order chi connectivity index (χ0) is 23.2. The van der Waals surface area contributed by atoms with Crippen molar-refractivity contribution in [3.63, 3.8) is 0 Å². The Balaban J connectivity index is 1.61. The molecule has 0 bridgehead atoms. The highest BCUT2D eigenvalue weighted by Crippen LogP contribution is 2.21. The van der Waals surface area contributed by atoms with Crippen molar-refractivity contribution in [2.75, 3.05) is 5.43 Å². The molecule has 3 aromatic carbocycles. The molecule has 1 N–H and O–H groups in total. The molecule has 4 rings (SSSR count). The van der Waals surface area contributed by atoms with Crippen LogP contribution in [0, 0.1) is 0 Å². The first-order valence-corrected chi connectivity index (χ1v) is 11.6. The standard InChI is InChI=1S/C27H26ClN3O2/c1-2-3-4-8-19-13-15-20(16-14-19)17-25(32)30-31-26(21-9-7-10-22(28)18-21)29-24-12-6-5-11-23(24)27(31)33/h5-7,9-16,18H,2-4,8,17H2,1H3,(H,30,32). The summed E-state index contributed by atoms with van der Waals surface area (Å²) >= 11 is 6.17. The van der Waals surface area contributed by atoms with Crippen LogP contribution < -0.4 is 11.0 Å². The predicted molar refractivity (Wildman–Crippen MR) is 134 cm³/mol. The molecule has 0 fully saturated rings. The molecule has 5 nitrogen and oxygen atoms in total. The third-order valence-electron chi connectivity index (χ3n) is 5.55. The lowest BCUT2D eigenvalue weighted by molar-refractivity contribution is -0.116. The number of hydrogen-bond acceptors (Lipinski definition) is 3. The molecule has 0 aliphatic rings. The molecule has 0 aliphatic heterocycles. The molecule has 33 heavy (non-hydrogen) atoms. The summed E-state index contributed by atoms with van der Waals surface area (Å²) in [4.78, 5) is 30.8. The van der Waals surface area contributed by atoms with Gasteiger partial charge in [0.1, 0.15) is 0 Å². The van der Waals surface area contributed by atoms with E-state index in [9.17, 15) is 9.59 Å². The summed E-state index contributed by atoms with van der Waals surface area (Å²) in [7, 11) is 0. The van der Waals surface area contributed by atoms with Crippen molar-refractivity contribution in [2.45, 2.75) is 39.0 Å². The highest BCUT2D eigenvalue weighted by molar-refractivity contribution is 6.30. The molecule has 4 aromatic rings. The topological polar surface area (TPSA) is 64.0 Å². The van der Waals surface area contributed by atoms with Crippen molar-refractivity contribution in [1.29, 1.82) is 0 Å². The van der Waals surface area contributed by atoms with Gasteiger partial charge in [-0.05, 0) is 48.2 Å². The van der Waals surface area contributed by atoms with Crippen molar-refractivity contribution in [1.82, 2.24) is 9.66 Å². The third kappa shape index (κ3) is 5.49. The molecule has 0 radical (unpaired) electrons. The number of carbonyl (C=O) groups excluding carboxylic acids is 1. The number of para-hydroxylation sites is 1. The first-order chi connectivity index (χ1) is 16.0. The van der Waals surface area contributed by atoms with E-state index >= 15 is 0 Å². The lowest BCUT2D eigenvalue weighted by Crippen LogP contribution is -2.35. The number of rotatable bonds is 8. The maximum absolute atomic E-state index is 13.2. The molecule has 0 aliphatic carbocycles. The monoisotopic (exact) mass is 459 g/mol. The Labute approximate surface area is 198 Å². The van der Waals surface area contributed by atoms with Gasteiger partial charge in [-0.1, -0.05) is 79.9 Å². The fraction of sp³-hybridized carbons (Fsp3) is 0.222. The average Bonchev–Trinajstić information content (AvgIpc) is 2.82. The Kier molecular flexibility index (Phi) is 7.20. The maximum Gasteiger partial charge on any atom is 0.280 e. The fourth-order valence-electron chi connectivity index (χ4n) is 3.81. The average molecular weight is 460 g/mol. The van der Waals surface area contributed by atoms with Gasteiger partial charge in [-0.15, -0.1) is 0 Å². The normalized spacial score (nSPS) is 11.0. The summed E-state index contributed by atoms with van der Waals surface area (Å²) in [6.45, 7) is 2.19. The van der Waals surface area contributed by atoms with E-state index in [0.717, 1.165) is 12.0 Å². The zero-order valence-corrected chi connectivity index (χ0v) is 19.3. The van der Waals surface area contributed by atoms with Crippen molar-refractivity contribution in [2.24, 2.45) is 0 Å². The number of halogens is 1. The number of carbonyl (C=O) groups is 1. The maximum atomic E-state index is 13.2. The second-order valence-corrected chi connectivity index (χ2v) is 8.53. The molecule has 1 aromatic heterocycles. The number of aryl methyl sites for hydroxylation is 1. The van der Waals surface area contributed by atoms with E-state index in [1.807, 2.05) is 24.3 Å². The van der Waals surface area contributed by atoms with Crippen molar-refractivity contribution in [3.8, 4) is 11.4 Å². The first-order valence-electron chi connectivity index (χ1n) is 11.2. The summed E-state index contributed by atoms with van der Waals surface area (Å²) in [5.41, 5.74) is 5.77. The van der Waals surface area contributed by atoms with Crippen molar-refractivity contribution in [3.05, 3.63) is 99.3 Å². The molecule has 0 atom stereocenters. The number of amides is 1. The second-order valence-electron chi connectivity index (χ2n) is 8.09. The van der Waals surface area contributed by atoms with Crippen LogP contribution in [0.4, 0.5) is 0 Å². The van der Waals surface area contributed by atoms with Gasteiger partial charge < -0.3 is 0 Å². The molecule has 0 saturated carbocycles. The van der Waals surface area contributed by atoms with E-state index in [1.54, 1.807) is 36.4 Å². The second kappa shape index (κ2) is 10.5. The van der Waals surface area contributed by atoms with Gasteiger partial charge in [-0.25, -0.2) is 4.98 Å². The molecule has 6 heteroatoms. The van der Waals surface area contributed by atoms with Crippen LogP contribution in [-0.2, 0) is 17.6 Å².